The van der Waals surface area contributed by atoms with Gasteiger partial charge in [-0.1, -0.05) is 29.8 Å². The molecule has 2 rings (SSSR count). The molecule has 0 bridgehead atoms. The second-order valence-corrected chi connectivity index (χ2v) is 5.16. The van der Waals surface area contributed by atoms with Gasteiger partial charge in [0.1, 0.15) is 5.75 Å². The van der Waals surface area contributed by atoms with Crippen LogP contribution < -0.4 is 5.32 Å². The number of hydrogen-bond donors (Lipinski definition) is 2. The summed E-state index contributed by atoms with van der Waals surface area (Å²) < 4.78 is 0. The van der Waals surface area contributed by atoms with E-state index >= 15 is 0 Å². The molecular weight excluding hydrogens is 250 g/mol. The Labute approximate surface area is 119 Å². The maximum absolute atomic E-state index is 12.0. The first-order chi connectivity index (χ1) is 9.45. The van der Waals surface area contributed by atoms with E-state index in [1.807, 2.05) is 39.0 Å². The summed E-state index contributed by atoms with van der Waals surface area (Å²) in [6.45, 7) is 5.83. The Kier molecular flexibility index (Phi) is 4.08. The summed E-state index contributed by atoms with van der Waals surface area (Å²) in [6, 6.07) is 11.2. The molecule has 20 heavy (non-hydrogen) atoms. The maximum atomic E-state index is 12.0. The number of aryl methyl sites for hydroxylation is 3. The average molecular weight is 269 g/mol. The van der Waals surface area contributed by atoms with E-state index in [9.17, 15) is 9.90 Å². The van der Waals surface area contributed by atoms with Gasteiger partial charge in [0.2, 0.25) is 5.91 Å². The van der Waals surface area contributed by atoms with Crippen LogP contribution in [0.3, 0.4) is 0 Å². The molecule has 0 saturated heterocycles. The van der Waals surface area contributed by atoms with Gasteiger partial charge in [0.05, 0.1) is 6.42 Å². The highest BCUT2D eigenvalue weighted by Gasteiger charge is 2.07. The number of phenolic OH excluding ortho intramolecular Hbond substituents is 1. The quantitative estimate of drug-likeness (QED) is 0.896. The molecule has 0 fully saturated rings. The minimum Gasteiger partial charge on any atom is -0.508 e. The van der Waals surface area contributed by atoms with Gasteiger partial charge in [0.15, 0.2) is 0 Å². The van der Waals surface area contributed by atoms with Gasteiger partial charge in [-0.15, -0.1) is 0 Å². The number of amides is 1. The van der Waals surface area contributed by atoms with Crippen molar-refractivity contribution in [3.63, 3.8) is 0 Å². The van der Waals surface area contributed by atoms with Gasteiger partial charge in [-0.05, 0) is 43.5 Å². The topological polar surface area (TPSA) is 49.3 Å². The molecule has 0 spiro atoms. The molecule has 0 unspecified atom stereocenters. The number of carbonyl (C=O) groups excluding carboxylic acids is 1. The minimum absolute atomic E-state index is 0.0815. The molecule has 0 atom stereocenters. The zero-order valence-corrected chi connectivity index (χ0v) is 12.0. The van der Waals surface area contributed by atoms with E-state index in [4.69, 9.17) is 0 Å². The van der Waals surface area contributed by atoms with Crippen LogP contribution in [0.4, 0.5) is 5.69 Å². The highest BCUT2D eigenvalue weighted by Crippen LogP contribution is 2.21. The van der Waals surface area contributed by atoms with E-state index in [-0.39, 0.29) is 11.7 Å². The molecular formula is C17H19NO2. The van der Waals surface area contributed by atoms with Crippen LogP contribution in [-0.4, -0.2) is 11.0 Å². The number of rotatable bonds is 3. The normalized spacial score (nSPS) is 10.3. The third-order valence-corrected chi connectivity index (χ3v) is 3.35. The van der Waals surface area contributed by atoms with Crippen molar-refractivity contribution >= 4 is 11.6 Å². The molecule has 0 saturated carbocycles. The minimum atomic E-state index is -0.0815. The lowest BCUT2D eigenvalue weighted by Crippen LogP contribution is -2.15. The lowest BCUT2D eigenvalue weighted by molar-refractivity contribution is -0.115. The summed E-state index contributed by atoms with van der Waals surface area (Å²) in [5, 5.41) is 12.4. The van der Waals surface area contributed by atoms with E-state index in [0.29, 0.717) is 12.1 Å². The van der Waals surface area contributed by atoms with Crippen LogP contribution in [0.1, 0.15) is 22.3 Å². The average Bonchev–Trinajstić information content (AvgIpc) is 2.38. The lowest BCUT2D eigenvalue weighted by Gasteiger charge is -2.09. The second-order valence-electron chi connectivity index (χ2n) is 5.16. The Morgan fingerprint density at radius 3 is 2.45 bits per heavy atom. The molecule has 0 aliphatic rings. The van der Waals surface area contributed by atoms with Crippen molar-refractivity contribution < 1.29 is 9.90 Å². The Bertz CT molecular complexity index is 647. The number of anilines is 1. The van der Waals surface area contributed by atoms with Crippen LogP contribution >= 0.6 is 0 Å². The first kappa shape index (κ1) is 14.1. The summed E-state index contributed by atoms with van der Waals surface area (Å²) in [4.78, 5) is 12.0. The van der Waals surface area contributed by atoms with Gasteiger partial charge in [-0.25, -0.2) is 0 Å². The van der Waals surface area contributed by atoms with Crippen molar-refractivity contribution in [2.45, 2.75) is 27.2 Å². The van der Waals surface area contributed by atoms with Crippen molar-refractivity contribution in [2.24, 2.45) is 0 Å². The Morgan fingerprint density at radius 2 is 1.75 bits per heavy atom. The fourth-order valence-electron chi connectivity index (χ4n) is 2.06. The molecule has 3 nitrogen and oxygen atoms in total. The number of phenols is 1. The molecule has 1 amide bonds. The Balaban J connectivity index is 2.09. The van der Waals surface area contributed by atoms with E-state index in [2.05, 4.69) is 5.32 Å². The number of benzene rings is 2. The fourth-order valence-corrected chi connectivity index (χ4v) is 2.06. The van der Waals surface area contributed by atoms with E-state index < -0.39 is 0 Å². The van der Waals surface area contributed by atoms with Gasteiger partial charge in [-0.3, -0.25) is 4.79 Å². The molecule has 0 aliphatic heterocycles. The van der Waals surface area contributed by atoms with Crippen molar-refractivity contribution in [3.8, 4) is 5.75 Å². The zero-order chi connectivity index (χ0) is 14.7. The number of hydrogen-bond acceptors (Lipinski definition) is 2. The first-order valence-corrected chi connectivity index (χ1v) is 6.61. The smallest absolute Gasteiger partial charge is 0.228 e. The maximum Gasteiger partial charge on any atom is 0.228 e. The van der Waals surface area contributed by atoms with Crippen molar-refractivity contribution in [2.75, 3.05) is 5.32 Å². The van der Waals surface area contributed by atoms with Crippen LogP contribution in [0.15, 0.2) is 36.4 Å². The second kappa shape index (κ2) is 5.78. The van der Waals surface area contributed by atoms with Gasteiger partial charge < -0.3 is 10.4 Å². The largest absolute Gasteiger partial charge is 0.508 e. The lowest BCUT2D eigenvalue weighted by atomic mass is 10.0. The molecule has 2 N–H and O–H groups in total. The fraction of sp³-hybridized carbons (Fsp3) is 0.235. The van der Waals surface area contributed by atoms with E-state index in [1.165, 1.54) is 0 Å². The standard InChI is InChI=1S/C17H19NO2/c1-11-4-5-12(2)14(8-11)9-17(20)18-15-7-6-13(3)16(19)10-15/h4-8,10,19H,9H2,1-3H3,(H,18,20). The van der Waals surface area contributed by atoms with Crippen molar-refractivity contribution in [1.82, 2.24) is 0 Å². The Hall–Kier alpha value is -2.29. The summed E-state index contributed by atoms with van der Waals surface area (Å²) in [5.74, 6) is 0.108. The molecule has 0 aromatic heterocycles. The zero-order valence-electron chi connectivity index (χ0n) is 12.0. The van der Waals surface area contributed by atoms with Crippen LogP contribution in [-0.2, 0) is 11.2 Å². The molecule has 0 radical (unpaired) electrons. The molecule has 0 heterocycles. The number of carbonyl (C=O) groups is 1. The molecule has 3 heteroatoms. The summed E-state index contributed by atoms with van der Waals surface area (Å²) in [7, 11) is 0. The van der Waals surface area contributed by atoms with Crippen LogP contribution in [0, 0.1) is 20.8 Å². The van der Waals surface area contributed by atoms with E-state index in [1.54, 1.807) is 18.2 Å². The number of nitrogens with one attached hydrogen (secondary N) is 1. The molecule has 104 valence electrons. The van der Waals surface area contributed by atoms with Crippen LogP contribution in [0.2, 0.25) is 0 Å². The Morgan fingerprint density at radius 1 is 1.05 bits per heavy atom. The van der Waals surface area contributed by atoms with Crippen LogP contribution in [0.5, 0.6) is 5.75 Å². The van der Waals surface area contributed by atoms with Gasteiger partial charge >= 0.3 is 0 Å². The molecule has 2 aromatic carbocycles. The third-order valence-electron chi connectivity index (χ3n) is 3.35. The molecule has 0 aliphatic carbocycles. The van der Waals surface area contributed by atoms with Crippen LogP contribution in [0.25, 0.3) is 0 Å². The van der Waals surface area contributed by atoms with Gasteiger partial charge in [0.25, 0.3) is 0 Å². The molecule has 2 aromatic rings. The SMILES string of the molecule is Cc1ccc(C)c(CC(=O)Nc2ccc(C)c(O)c2)c1. The third kappa shape index (κ3) is 3.38. The van der Waals surface area contributed by atoms with Gasteiger partial charge in [-0.2, -0.15) is 0 Å². The van der Waals surface area contributed by atoms with Crippen molar-refractivity contribution in [1.29, 1.82) is 0 Å². The summed E-state index contributed by atoms with van der Waals surface area (Å²) >= 11 is 0. The number of aromatic hydroxyl groups is 1. The summed E-state index contributed by atoms with van der Waals surface area (Å²) in [5.41, 5.74) is 4.68. The summed E-state index contributed by atoms with van der Waals surface area (Å²) in [6.07, 6.45) is 0.335. The van der Waals surface area contributed by atoms with Crippen molar-refractivity contribution in [3.05, 3.63) is 58.7 Å². The van der Waals surface area contributed by atoms with E-state index in [0.717, 1.165) is 22.3 Å². The highest BCUT2D eigenvalue weighted by atomic mass is 16.3. The predicted octanol–water partition coefficient (Wildman–Crippen LogP) is 3.50. The highest BCUT2D eigenvalue weighted by molar-refractivity contribution is 5.92. The monoisotopic (exact) mass is 269 g/mol. The predicted molar refractivity (Wildman–Crippen MR) is 81.1 cm³/mol. The van der Waals surface area contributed by atoms with Gasteiger partial charge in [0, 0.05) is 11.8 Å². The first-order valence-electron chi connectivity index (χ1n) is 6.61.